The third kappa shape index (κ3) is 3.95. The van der Waals surface area contributed by atoms with Gasteiger partial charge in [-0.1, -0.05) is 38.1 Å². The van der Waals surface area contributed by atoms with E-state index in [0.29, 0.717) is 22.9 Å². The number of nitrogens with zero attached hydrogens (tertiary/aromatic N) is 1. The summed E-state index contributed by atoms with van der Waals surface area (Å²) < 4.78 is 0. The lowest BCUT2D eigenvalue weighted by atomic mass is 10.0. The van der Waals surface area contributed by atoms with E-state index in [-0.39, 0.29) is 5.91 Å². The van der Waals surface area contributed by atoms with Crippen molar-refractivity contribution >= 4 is 17.3 Å². The van der Waals surface area contributed by atoms with Gasteiger partial charge in [0.2, 0.25) is 0 Å². The van der Waals surface area contributed by atoms with Gasteiger partial charge in [0.15, 0.2) is 0 Å². The first-order valence-electron chi connectivity index (χ1n) is 7.28. The van der Waals surface area contributed by atoms with Crippen LogP contribution in [0.3, 0.4) is 0 Å². The molecule has 0 aliphatic carbocycles. The zero-order valence-electron chi connectivity index (χ0n) is 13.1. The molecule has 0 atom stereocenters. The molecule has 0 bridgehead atoms. The number of anilines is 1. The highest BCUT2D eigenvalue weighted by Crippen LogP contribution is 2.14. The van der Waals surface area contributed by atoms with Gasteiger partial charge in [0.1, 0.15) is 0 Å². The number of hydrogen-bond donors (Lipinski definition) is 2. The van der Waals surface area contributed by atoms with Crippen molar-refractivity contribution in [2.45, 2.75) is 26.7 Å². The van der Waals surface area contributed by atoms with E-state index in [0.717, 1.165) is 5.56 Å². The smallest absolute Gasteiger partial charge is 0.271 e. The molecular weight excluding hydrogens is 274 g/mol. The van der Waals surface area contributed by atoms with Crippen LogP contribution < -0.4 is 11.2 Å². The summed E-state index contributed by atoms with van der Waals surface area (Å²) >= 11 is 0. The molecular formula is C18H21N3O. The van der Waals surface area contributed by atoms with Crippen LogP contribution in [0.25, 0.3) is 0 Å². The van der Waals surface area contributed by atoms with Crippen molar-refractivity contribution in [2.75, 3.05) is 5.73 Å². The maximum atomic E-state index is 12.1. The average Bonchev–Trinajstić information content (AvgIpc) is 2.52. The Morgan fingerprint density at radius 3 is 2.36 bits per heavy atom. The number of carbonyl (C=O) groups excluding carboxylic acids is 1. The Hall–Kier alpha value is -2.62. The molecule has 0 saturated heterocycles. The number of hydrogen-bond acceptors (Lipinski definition) is 3. The highest BCUT2D eigenvalue weighted by Gasteiger charge is 2.06. The third-order valence-electron chi connectivity index (χ3n) is 3.47. The maximum Gasteiger partial charge on any atom is 0.271 e. The van der Waals surface area contributed by atoms with E-state index in [2.05, 4.69) is 24.4 Å². The van der Waals surface area contributed by atoms with Gasteiger partial charge in [-0.2, -0.15) is 5.10 Å². The van der Waals surface area contributed by atoms with Gasteiger partial charge < -0.3 is 5.73 Å². The lowest BCUT2D eigenvalue weighted by molar-refractivity contribution is 0.0955. The quantitative estimate of drug-likeness (QED) is 0.514. The fourth-order valence-electron chi connectivity index (χ4n) is 2.05. The van der Waals surface area contributed by atoms with Crippen molar-refractivity contribution in [3.05, 3.63) is 65.2 Å². The Labute approximate surface area is 131 Å². The third-order valence-corrected chi connectivity index (χ3v) is 3.47. The lowest BCUT2D eigenvalue weighted by Gasteiger charge is -2.07. The maximum absolute atomic E-state index is 12.1. The molecule has 1 amide bonds. The normalized spacial score (nSPS) is 11.5. The molecule has 2 aromatic rings. The monoisotopic (exact) mass is 295 g/mol. The zero-order chi connectivity index (χ0) is 16.1. The second-order valence-electron chi connectivity index (χ2n) is 5.54. The van der Waals surface area contributed by atoms with Gasteiger partial charge in [0, 0.05) is 11.3 Å². The number of rotatable bonds is 4. The highest BCUT2D eigenvalue weighted by molar-refractivity contribution is 6.01. The van der Waals surface area contributed by atoms with Crippen LogP contribution in [0.5, 0.6) is 0 Å². The summed E-state index contributed by atoms with van der Waals surface area (Å²) in [5, 5.41) is 4.13. The lowest BCUT2D eigenvalue weighted by Crippen LogP contribution is -2.19. The molecule has 0 spiro atoms. The van der Waals surface area contributed by atoms with Crippen LogP contribution >= 0.6 is 0 Å². The minimum absolute atomic E-state index is 0.224. The SMILES string of the molecule is CC(=NNC(=O)c1ccc(C(C)C)cc1)c1cccc(N)c1. The minimum atomic E-state index is -0.224. The highest BCUT2D eigenvalue weighted by atomic mass is 16.2. The Balaban J connectivity index is 2.07. The van der Waals surface area contributed by atoms with E-state index < -0.39 is 0 Å². The first kappa shape index (κ1) is 15.8. The molecule has 0 saturated carbocycles. The molecule has 0 heterocycles. The number of benzene rings is 2. The van der Waals surface area contributed by atoms with E-state index >= 15 is 0 Å². The Morgan fingerprint density at radius 2 is 1.77 bits per heavy atom. The molecule has 4 nitrogen and oxygen atoms in total. The number of hydrazone groups is 1. The van der Waals surface area contributed by atoms with Gasteiger partial charge >= 0.3 is 0 Å². The molecule has 114 valence electrons. The Morgan fingerprint density at radius 1 is 1.09 bits per heavy atom. The fourth-order valence-corrected chi connectivity index (χ4v) is 2.05. The molecule has 0 aliphatic rings. The topological polar surface area (TPSA) is 67.5 Å². The van der Waals surface area contributed by atoms with Crippen LogP contribution in [0.2, 0.25) is 0 Å². The van der Waals surface area contributed by atoms with Crippen molar-refractivity contribution in [2.24, 2.45) is 5.10 Å². The van der Waals surface area contributed by atoms with Crippen LogP contribution in [-0.2, 0) is 0 Å². The van der Waals surface area contributed by atoms with Gasteiger partial charge in [0.05, 0.1) is 5.71 Å². The Kier molecular flexibility index (Phi) is 4.94. The van der Waals surface area contributed by atoms with Crippen LogP contribution in [0.4, 0.5) is 5.69 Å². The fraction of sp³-hybridized carbons (Fsp3) is 0.222. The van der Waals surface area contributed by atoms with Crippen molar-refractivity contribution in [1.82, 2.24) is 5.43 Å². The number of amides is 1. The standard InChI is InChI=1S/C18H21N3O/c1-12(2)14-7-9-15(10-8-14)18(22)21-20-13(3)16-5-4-6-17(19)11-16/h4-12H,19H2,1-3H3,(H,21,22). The molecule has 0 radical (unpaired) electrons. The summed E-state index contributed by atoms with van der Waals surface area (Å²) in [7, 11) is 0. The van der Waals surface area contributed by atoms with Crippen LogP contribution in [-0.4, -0.2) is 11.6 Å². The predicted octanol–water partition coefficient (Wildman–Crippen LogP) is 3.55. The summed E-state index contributed by atoms with van der Waals surface area (Å²) in [6, 6.07) is 15.0. The number of nitrogens with two attached hydrogens (primary N) is 1. The van der Waals surface area contributed by atoms with E-state index in [1.807, 2.05) is 55.5 Å². The van der Waals surface area contributed by atoms with Gasteiger partial charge in [-0.25, -0.2) is 5.43 Å². The van der Waals surface area contributed by atoms with Crippen molar-refractivity contribution in [3.63, 3.8) is 0 Å². The molecule has 0 aliphatic heterocycles. The van der Waals surface area contributed by atoms with E-state index in [4.69, 9.17) is 5.73 Å². The van der Waals surface area contributed by atoms with Crippen LogP contribution in [0.15, 0.2) is 53.6 Å². The largest absolute Gasteiger partial charge is 0.399 e. The molecule has 3 N–H and O–H groups in total. The summed E-state index contributed by atoms with van der Waals surface area (Å²) in [6.45, 7) is 6.07. The molecule has 4 heteroatoms. The summed E-state index contributed by atoms with van der Waals surface area (Å²) in [5.74, 6) is 0.222. The molecule has 2 aromatic carbocycles. The van der Waals surface area contributed by atoms with Crippen LogP contribution in [0.1, 0.15) is 48.2 Å². The van der Waals surface area contributed by atoms with Gasteiger partial charge in [-0.15, -0.1) is 0 Å². The van der Waals surface area contributed by atoms with Gasteiger partial charge in [0.25, 0.3) is 5.91 Å². The first-order chi connectivity index (χ1) is 10.5. The molecule has 22 heavy (non-hydrogen) atoms. The average molecular weight is 295 g/mol. The molecule has 2 rings (SSSR count). The number of nitrogens with one attached hydrogen (secondary N) is 1. The predicted molar refractivity (Wildman–Crippen MR) is 91.1 cm³/mol. The van der Waals surface area contributed by atoms with Gasteiger partial charge in [-0.05, 0) is 48.2 Å². The number of nitrogen functional groups attached to an aromatic ring is 1. The molecule has 0 unspecified atom stereocenters. The van der Waals surface area contributed by atoms with Crippen LogP contribution in [0, 0.1) is 0 Å². The minimum Gasteiger partial charge on any atom is -0.399 e. The zero-order valence-corrected chi connectivity index (χ0v) is 13.1. The summed E-state index contributed by atoms with van der Waals surface area (Å²) in [4.78, 5) is 12.1. The van der Waals surface area contributed by atoms with Crippen molar-refractivity contribution in [1.29, 1.82) is 0 Å². The summed E-state index contributed by atoms with van der Waals surface area (Å²) in [6.07, 6.45) is 0. The Bertz CT molecular complexity index is 688. The first-order valence-corrected chi connectivity index (χ1v) is 7.28. The number of carbonyl (C=O) groups is 1. The second kappa shape index (κ2) is 6.89. The van der Waals surface area contributed by atoms with Crippen molar-refractivity contribution in [3.8, 4) is 0 Å². The summed E-state index contributed by atoms with van der Waals surface area (Å²) in [5.41, 5.74) is 12.4. The van der Waals surface area contributed by atoms with E-state index in [9.17, 15) is 4.79 Å². The van der Waals surface area contributed by atoms with Gasteiger partial charge in [-0.3, -0.25) is 4.79 Å². The van der Waals surface area contributed by atoms with E-state index in [1.165, 1.54) is 5.56 Å². The van der Waals surface area contributed by atoms with E-state index in [1.54, 1.807) is 0 Å². The molecule has 0 fully saturated rings. The van der Waals surface area contributed by atoms with Crippen molar-refractivity contribution < 1.29 is 4.79 Å². The molecule has 0 aromatic heterocycles. The second-order valence-corrected chi connectivity index (χ2v) is 5.54.